The summed E-state index contributed by atoms with van der Waals surface area (Å²) in [5, 5.41) is 18.9. The lowest BCUT2D eigenvalue weighted by Crippen LogP contribution is -2.29. The quantitative estimate of drug-likeness (QED) is 0.211. The molecular weight excluding hydrogens is 535 g/mol. The smallest absolute Gasteiger partial charge is 0.338 e. The van der Waals surface area contributed by atoms with Gasteiger partial charge in [-0.3, -0.25) is 4.79 Å². The maximum atomic E-state index is 14.3. The summed E-state index contributed by atoms with van der Waals surface area (Å²) in [6.07, 6.45) is 4.15. The fourth-order valence-corrected chi connectivity index (χ4v) is 4.85. The van der Waals surface area contributed by atoms with Gasteiger partial charge in [0.25, 0.3) is 0 Å². The molecule has 0 amide bonds. The third-order valence-electron chi connectivity index (χ3n) is 6.92. The highest BCUT2D eigenvalue weighted by atomic mass is 19.2. The molecule has 42 heavy (non-hydrogen) atoms. The molecule has 0 aliphatic rings. The van der Waals surface area contributed by atoms with Crippen LogP contribution in [0.15, 0.2) is 69.9 Å². The van der Waals surface area contributed by atoms with Gasteiger partial charge in [-0.1, -0.05) is 56.6 Å². The lowest BCUT2D eigenvalue weighted by Gasteiger charge is -2.17. The Morgan fingerprint density at radius 2 is 1.81 bits per heavy atom. The number of carbonyl (C=O) groups is 1. The van der Waals surface area contributed by atoms with E-state index in [1.165, 1.54) is 19.4 Å². The van der Waals surface area contributed by atoms with E-state index in [2.05, 4.69) is 6.07 Å². The molecule has 0 aliphatic carbocycles. The monoisotopic (exact) mass is 568 g/mol. The van der Waals surface area contributed by atoms with E-state index in [0.29, 0.717) is 34.3 Å². The Hall–Kier alpha value is -4.51. The van der Waals surface area contributed by atoms with E-state index in [0.717, 1.165) is 35.6 Å². The van der Waals surface area contributed by atoms with Gasteiger partial charge in [0.15, 0.2) is 24.3 Å². The Bertz CT molecular complexity index is 1720. The molecule has 0 saturated heterocycles. The third kappa shape index (κ3) is 7.22. The van der Waals surface area contributed by atoms with Gasteiger partial charge >= 0.3 is 5.97 Å². The maximum absolute atomic E-state index is 14.3. The summed E-state index contributed by atoms with van der Waals surface area (Å²) in [7, 11) is 1.53. The van der Waals surface area contributed by atoms with Crippen molar-refractivity contribution in [3.8, 4) is 6.07 Å². The Balaban J connectivity index is 0.00000237. The maximum Gasteiger partial charge on any atom is 0.338 e. The number of aryl methyl sites for hydroxylation is 2. The van der Waals surface area contributed by atoms with Crippen LogP contribution in [-0.4, -0.2) is 18.4 Å². The van der Waals surface area contributed by atoms with Crippen molar-refractivity contribution in [1.29, 1.82) is 5.26 Å². The van der Waals surface area contributed by atoms with Crippen molar-refractivity contribution in [3.63, 3.8) is 0 Å². The predicted molar refractivity (Wildman–Crippen MR) is 163 cm³/mol. The predicted octanol–water partition coefficient (Wildman–Crippen LogP) is 7.49. The summed E-state index contributed by atoms with van der Waals surface area (Å²) in [6.45, 7) is 9.50. The van der Waals surface area contributed by atoms with Gasteiger partial charge in [0.05, 0.1) is 22.6 Å². The van der Waals surface area contributed by atoms with Gasteiger partial charge in [0, 0.05) is 6.07 Å². The summed E-state index contributed by atoms with van der Waals surface area (Å²) in [6, 6.07) is 16.7. The molecule has 1 unspecified atom stereocenters. The van der Waals surface area contributed by atoms with Crippen LogP contribution >= 0.6 is 0 Å². The number of aromatic carboxylic acids is 1. The normalized spacial score (nSPS) is 11.8. The number of carboxylic acid groups (broad SMARTS) is 1. The number of nitriles is 1. The van der Waals surface area contributed by atoms with Crippen molar-refractivity contribution in [1.82, 2.24) is 0 Å². The molecule has 4 aromatic rings. The highest BCUT2D eigenvalue weighted by molar-refractivity contribution is 6.57. The number of benzene rings is 3. The number of fused-ring (bicyclic) bond motifs is 1. The van der Waals surface area contributed by atoms with E-state index >= 15 is 0 Å². The number of carboxylic acids is 1. The van der Waals surface area contributed by atoms with Gasteiger partial charge < -0.3 is 9.52 Å². The number of hydrogen-bond donors (Lipinski definition) is 1. The van der Waals surface area contributed by atoms with E-state index in [4.69, 9.17) is 9.68 Å². The number of allylic oxidation sites excluding steroid dienone is 2. The number of halogens is 2. The van der Waals surface area contributed by atoms with E-state index < -0.39 is 29.0 Å². The van der Waals surface area contributed by atoms with E-state index in [1.807, 2.05) is 52.0 Å². The molecule has 0 bridgehead atoms. The molecule has 5 nitrogen and oxygen atoms in total. The first-order chi connectivity index (χ1) is 20.1. The molecule has 4 rings (SSSR count). The molecule has 0 fully saturated rings. The first-order valence-corrected chi connectivity index (χ1v) is 13.9. The molecular formula is C34H33BF2NO4. The zero-order chi connectivity index (χ0) is 31.0. The SMILES string of the molecule is C/C=C(\CCCc1ccc(C#N)cc1)c1cc(=O)c2cc(C)cc(C(C)[B]c3ccc(F)c(F)c3C(=O)O)c2o1.CC. The van der Waals surface area contributed by atoms with Gasteiger partial charge in [0.2, 0.25) is 0 Å². The zero-order valence-corrected chi connectivity index (χ0v) is 24.4. The van der Waals surface area contributed by atoms with Crippen LogP contribution < -0.4 is 10.9 Å². The molecule has 1 N–H and O–H groups in total. The van der Waals surface area contributed by atoms with Crippen molar-refractivity contribution in [2.45, 2.75) is 59.7 Å². The molecule has 3 aromatic carbocycles. The Labute approximate surface area is 245 Å². The molecule has 1 heterocycles. The summed E-state index contributed by atoms with van der Waals surface area (Å²) < 4.78 is 34.4. The minimum Gasteiger partial charge on any atom is -0.478 e. The second-order valence-corrected chi connectivity index (χ2v) is 9.77. The van der Waals surface area contributed by atoms with Gasteiger partial charge in [-0.15, -0.1) is 0 Å². The number of rotatable bonds is 9. The van der Waals surface area contributed by atoms with Crippen LogP contribution in [-0.2, 0) is 6.42 Å². The standard InChI is InChI=1S/C32H27BF2NO4.C2H6/c1-4-22(7-5-6-20-8-10-21(17-36)11-9-20)28-16-27(37)24-15-18(2)14-23(31(24)40-28)19(3)33-25-12-13-26(34)30(35)29(25)32(38)39;1-2/h4,8-16,19H,5-7H2,1-3H3,(H,38,39);1-2H3/b22-4+;. The Morgan fingerprint density at radius 3 is 2.43 bits per heavy atom. The molecule has 0 spiro atoms. The molecule has 215 valence electrons. The lowest BCUT2D eigenvalue weighted by molar-refractivity contribution is 0.0692. The second-order valence-electron chi connectivity index (χ2n) is 9.77. The summed E-state index contributed by atoms with van der Waals surface area (Å²) in [5.41, 5.74) is 3.45. The topological polar surface area (TPSA) is 91.3 Å². The van der Waals surface area contributed by atoms with Crippen molar-refractivity contribution in [2.75, 3.05) is 0 Å². The first-order valence-electron chi connectivity index (χ1n) is 13.9. The van der Waals surface area contributed by atoms with Crippen molar-refractivity contribution in [3.05, 3.63) is 116 Å². The molecule has 1 aromatic heterocycles. The minimum absolute atomic E-state index is 0.0315. The number of hydrogen-bond acceptors (Lipinski definition) is 4. The molecule has 0 saturated carbocycles. The molecule has 1 radical (unpaired) electrons. The number of nitrogens with zero attached hydrogens (tertiary/aromatic N) is 1. The van der Waals surface area contributed by atoms with Crippen LogP contribution in [0.2, 0.25) is 0 Å². The van der Waals surface area contributed by atoms with Crippen LogP contribution in [0.1, 0.15) is 84.7 Å². The lowest BCUT2D eigenvalue weighted by atomic mass is 9.56. The van der Waals surface area contributed by atoms with Gasteiger partial charge in [-0.05, 0) is 85.5 Å². The highest BCUT2D eigenvalue weighted by Gasteiger charge is 2.24. The summed E-state index contributed by atoms with van der Waals surface area (Å²) in [4.78, 5) is 24.9. The molecule has 8 heteroatoms. The molecule has 1 atom stereocenters. The van der Waals surface area contributed by atoms with Gasteiger partial charge in [0.1, 0.15) is 11.3 Å². The largest absolute Gasteiger partial charge is 0.478 e. The zero-order valence-electron chi connectivity index (χ0n) is 24.4. The van der Waals surface area contributed by atoms with Crippen molar-refractivity contribution < 1.29 is 23.1 Å². The van der Waals surface area contributed by atoms with Crippen LogP contribution in [0.25, 0.3) is 16.5 Å². The summed E-state index contributed by atoms with van der Waals surface area (Å²) in [5.74, 6) is -4.28. The summed E-state index contributed by atoms with van der Waals surface area (Å²) >= 11 is 0. The molecule has 0 aliphatic heterocycles. The Morgan fingerprint density at radius 1 is 1.12 bits per heavy atom. The highest BCUT2D eigenvalue weighted by Crippen LogP contribution is 2.30. The van der Waals surface area contributed by atoms with E-state index in [1.54, 1.807) is 25.1 Å². The first kappa shape index (κ1) is 32.0. The van der Waals surface area contributed by atoms with E-state index in [-0.39, 0.29) is 10.9 Å². The van der Waals surface area contributed by atoms with Crippen molar-refractivity contribution in [2.24, 2.45) is 0 Å². The fraction of sp³-hybridized carbons (Fsp3) is 0.265. The van der Waals surface area contributed by atoms with Crippen LogP contribution in [0, 0.1) is 29.9 Å². The fourth-order valence-electron chi connectivity index (χ4n) is 4.85. The second kappa shape index (κ2) is 14.4. The third-order valence-corrected chi connectivity index (χ3v) is 6.92. The Kier molecular flexibility index (Phi) is 11.0. The van der Waals surface area contributed by atoms with Crippen LogP contribution in [0.3, 0.4) is 0 Å². The van der Waals surface area contributed by atoms with Crippen LogP contribution in [0.5, 0.6) is 0 Å². The average molecular weight is 568 g/mol. The minimum atomic E-state index is -1.57. The average Bonchev–Trinajstić information content (AvgIpc) is 2.98. The van der Waals surface area contributed by atoms with E-state index in [9.17, 15) is 23.5 Å². The van der Waals surface area contributed by atoms with Gasteiger partial charge in [-0.2, -0.15) is 5.26 Å². The van der Waals surface area contributed by atoms with Gasteiger partial charge in [-0.25, -0.2) is 13.6 Å². The van der Waals surface area contributed by atoms with Crippen LogP contribution in [0.4, 0.5) is 8.78 Å². The van der Waals surface area contributed by atoms with Crippen molar-refractivity contribution >= 4 is 35.3 Å².